The van der Waals surface area contributed by atoms with Crippen molar-refractivity contribution in [1.29, 1.82) is 0 Å². The number of fused-ring (bicyclic) bond motifs is 3. The quantitative estimate of drug-likeness (QED) is 0.118. The van der Waals surface area contributed by atoms with Gasteiger partial charge in [-0.05, 0) is 41.2 Å². The van der Waals surface area contributed by atoms with E-state index in [2.05, 4.69) is 124 Å². The van der Waals surface area contributed by atoms with E-state index in [9.17, 15) is 0 Å². The summed E-state index contributed by atoms with van der Waals surface area (Å²) in [7, 11) is 0. The Hall–Kier alpha value is -4.61. The molecule has 0 aliphatic rings. The smallest absolute Gasteiger partial charge is 0 e. The number of hydrogen-bond donors (Lipinski definition) is 0. The van der Waals surface area contributed by atoms with Crippen molar-refractivity contribution in [3.8, 4) is 44.8 Å². The van der Waals surface area contributed by atoms with Crippen LogP contribution in [-0.4, -0.2) is 23.2 Å². The van der Waals surface area contributed by atoms with Gasteiger partial charge in [0.1, 0.15) is 5.58 Å². The number of furan rings is 1. The van der Waals surface area contributed by atoms with Crippen molar-refractivity contribution in [2.75, 3.05) is 0 Å². The number of aromatic nitrogens is 2. The predicted molar refractivity (Wildman–Crippen MR) is 217 cm³/mol. The van der Waals surface area contributed by atoms with E-state index in [0.717, 1.165) is 49.9 Å². The summed E-state index contributed by atoms with van der Waals surface area (Å²) >= 11 is -1.79. The van der Waals surface area contributed by atoms with Crippen LogP contribution in [0, 0.1) is 18.1 Å². The second kappa shape index (κ2) is 16.4. The molecule has 8 aromatic rings. The van der Waals surface area contributed by atoms with Crippen molar-refractivity contribution in [3.63, 3.8) is 0 Å². The zero-order valence-electron chi connectivity index (χ0n) is 32.1. The van der Waals surface area contributed by atoms with Crippen molar-refractivity contribution >= 4 is 39.6 Å². The molecule has 3 aromatic heterocycles. The van der Waals surface area contributed by atoms with Crippen LogP contribution in [0.2, 0.25) is 17.3 Å². The fourth-order valence-electron chi connectivity index (χ4n) is 6.15. The predicted octanol–water partition coefficient (Wildman–Crippen LogP) is 12.1. The number of rotatable bonds is 7. The molecule has 0 amide bonds. The molecule has 0 fully saturated rings. The van der Waals surface area contributed by atoms with Gasteiger partial charge in [-0.25, -0.2) is 0 Å². The maximum Gasteiger partial charge on any atom is 0 e. The number of nitrogens with zero attached hydrogens (tertiary/aromatic N) is 2. The molecule has 0 saturated carbocycles. The van der Waals surface area contributed by atoms with Gasteiger partial charge in [-0.3, -0.25) is 0 Å². The average Bonchev–Trinajstić information content (AvgIpc) is 3.57. The molecule has 0 aliphatic carbocycles. The Morgan fingerprint density at radius 3 is 2.02 bits per heavy atom. The molecule has 5 heteroatoms. The Morgan fingerprint density at radius 2 is 1.37 bits per heavy atom. The zero-order chi connectivity index (χ0) is 37.2. The average molecular weight is 918 g/mol. The molecular formula is C47H42GeIrN2O-2. The third-order valence-electron chi connectivity index (χ3n) is 8.83. The third kappa shape index (κ3) is 8.53. The van der Waals surface area contributed by atoms with Crippen LogP contribution >= 0.6 is 0 Å². The molecule has 0 N–H and O–H groups in total. The van der Waals surface area contributed by atoms with Gasteiger partial charge in [0.05, 0.1) is 5.58 Å². The van der Waals surface area contributed by atoms with Crippen LogP contribution in [0.15, 0.2) is 150 Å². The Balaban J connectivity index is 0.000000191. The first-order valence-corrected chi connectivity index (χ1v) is 24.8. The molecule has 0 spiro atoms. The van der Waals surface area contributed by atoms with Crippen molar-refractivity contribution < 1.29 is 27.3 Å². The first-order chi connectivity index (χ1) is 25.5. The van der Waals surface area contributed by atoms with E-state index >= 15 is 0 Å². The maximum atomic E-state index is 8.44. The molecule has 3 nitrogen and oxygen atoms in total. The minimum absolute atomic E-state index is 0. The van der Waals surface area contributed by atoms with Gasteiger partial charge in [-0.15, -0.1) is 18.2 Å². The van der Waals surface area contributed by atoms with Crippen molar-refractivity contribution in [3.05, 3.63) is 164 Å². The Bertz CT molecular complexity index is 2490. The van der Waals surface area contributed by atoms with E-state index in [1.165, 1.54) is 15.5 Å². The molecule has 52 heavy (non-hydrogen) atoms. The molecule has 0 unspecified atom stereocenters. The van der Waals surface area contributed by atoms with Crippen LogP contribution < -0.4 is 4.40 Å². The third-order valence-corrected chi connectivity index (χ3v) is 13.1. The minimum atomic E-state index is -1.79. The summed E-state index contributed by atoms with van der Waals surface area (Å²) in [4.78, 5) is 9.18. The molecule has 0 bridgehead atoms. The van der Waals surface area contributed by atoms with Crippen LogP contribution in [0.5, 0.6) is 0 Å². The first-order valence-electron chi connectivity index (χ1n) is 18.4. The summed E-state index contributed by atoms with van der Waals surface area (Å²) in [6.07, 6.45) is 2.27. The summed E-state index contributed by atoms with van der Waals surface area (Å²) in [5, 5.41) is 2.04. The molecule has 261 valence electrons. The fourth-order valence-corrected chi connectivity index (χ4v) is 8.33. The molecular weight excluding hydrogens is 873 g/mol. The molecule has 8 rings (SSSR count). The molecule has 0 aliphatic heterocycles. The topological polar surface area (TPSA) is 38.9 Å². The van der Waals surface area contributed by atoms with Crippen LogP contribution in [-0.2, 0) is 26.5 Å². The van der Waals surface area contributed by atoms with E-state index in [0.29, 0.717) is 11.3 Å². The van der Waals surface area contributed by atoms with Gasteiger partial charge in [0.2, 0.25) is 0 Å². The van der Waals surface area contributed by atoms with Crippen LogP contribution in [0.1, 0.15) is 22.2 Å². The van der Waals surface area contributed by atoms with Crippen molar-refractivity contribution in [2.24, 2.45) is 5.92 Å². The summed E-state index contributed by atoms with van der Waals surface area (Å²) in [5.74, 6) is 7.02. The van der Waals surface area contributed by atoms with E-state index in [1.54, 1.807) is 12.3 Å². The van der Waals surface area contributed by atoms with Crippen molar-refractivity contribution in [2.45, 2.75) is 37.5 Å². The zero-order valence-corrected chi connectivity index (χ0v) is 34.6. The molecule has 0 saturated heterocycles. The van der Waals surface area contributed by atoms with Gasteiger partial charge in [0.15, 0.2) is 0 Å². The Morgan fingerprint density at radius 1 is 0.673 bits per heavy atom. The Kier molecular flexibility index (Phi) is 10.9. The number of pyridine rings is 2. The van der Waals surface area contributed by atoms with Gasteiger partial charge in [-0.2, -0.15) is 0 Å². The first kappa shape index (κ1) is 34.5. The Labute approximate surface area is 326 Å². The van der Waals surface area contributed by atoms with Gasteiger partial charge in [0.25, 0.3) is 0 Å². The second-order valence-electron chi connectivity index (χ2n) is 14.0. The largest absolute Gasteiger partial charge is 0 e. The molecule has 1 radical (unpaired) electrons. The maximum absolute atomic E-state index is 8.44. The van der Waals surface area contributed by atoms with Crippen molar-refractivity contribution in [1.82, 2.24) is 9.97 Å². The second-order valence-corrected chi connectivity index (χ2v) is 24.7. The van der Waals surface area contributed by atoms with E-state index in [-0.39, 0.29) is 26.0 Å². The van der Waals surface area contributed by atoms with Crippen LogP contribution in [0.4, 0.5) is 0 Å². The van der Waals surface area contributed by atoms with E-state index in [4.69, 9.17) is 7.16 Å². The van der Waals surface area contributed by atoms with Crippen LogP contribution in [0.25, 0.3) is 66.7 Å². The summed E-state index contributed by atoms with van der Waals surface area (Å²) in [6, 6.07) is 51.5. The van der Waals surface area contributed by atoms with Crippen LogP contribution in [0.3, 0.4) is 0 Å². The molecule has 0 atom stereocenters. The molecule has 5 aromatic carbocycles. The van der Waals surface area contributed by atoms with Gasteiger partial charge in [0, 0.05) is 34.4 Å². The normalized spacial score (nSPS) is 12.1. The summed E-state index contributed by atoms with van der Waals surface area (Å²) in [5.41, 5.74) is 10.3. The summed E-state index contributed by atoms with van der Waals surface area (Å²) < 4.78 is 24.6. The number of hydrogen-bond acceptors (Lipinski definition) is 3. The van der Waals surface area contributed by atoms with Gasteiger partial charge < -0.3 is 9.40 Å². The summed E-state index contributed by atoms with van der Waals surface area (Å²) in [6.45, 7) is 3.77. The van der Waals surface area contributed by atoms with E-state index in [1.807, 2.05) is 62.4 Å². The standard InChI is InChI=1S/C27H22NO.C20H20GeN.Ir/c1-18(2)15-19-13-14-28-25(16-19)24-10-6-9-23-22-12-11-21(17-26(22)29-27(23)24)20-7-4-3-5-8-20;1-21(2,3)19-12-13-20(22-15-19)18-11-7-10-17(14-18)16-8-5-4-6-9-16;/h3-9,11-14,16-18H,15H2,1-2H3;4-10,12-15H,1-3H3;/q2*-1;/i15D2;;. The monoisotopic (exact) mass is 919 g/mol. The number of benzene rings is 5. The van der Waals surface area contributed by atoms with E-state index < -0.39 is 19.6 Å². The molecule has 3 heterocycles. The fraction of sp³-hybridized carbons (Fsp3) is 0.149. The minimum Gasteiger partial charge on any atom is 0 e. The van der Waals surface area contributed by atoms with Gasteiger partial charge >= 0.3 is 135 Å². The SMILES string of the molecule is [2H]C([2H])(c1ccnc(-c2[c-]ccc3c2oc2cc(-c4ccccc4)ccc23)c1)C(C)C.[CH3][Ge]([CH3])([CH3])[c]1ccc(-c2[c-]ccc(-c3ccccc3)c2)nc1.[Ir]. The van der Waals surface area contributed by atoms with Gasteiger partial charge in [-0.1, -0.05) is 78.9 Å².